The van der Waals surface area contributed by atoms with E-state index < -0.39 is 17.7 Å². The summed E-state index contributed by atoms with van der Waals surface area (Å²) in [6, 6.07) is 10.6. The van der Waals surface area contributed by atoms with E-state index >= 15 is 0 Å². The zero-order valence-corrected chi connectivity index (χ0v) is 16.1. The van der Waals surface area contributed by atoms with E-state index in [9.17, 15) is 18.0 Å². The monoisotopic (exact) mass is 405 g/mol. The molecule has 29 heavy (non-hydrogen) atoms. The highest BCUT2D eigenvalue weighted by molar-refractivity contribution is 6.04. The van der Waals surface area contributed by atoms with Gasteiger partial charge in [-0.05, 0) is 31.5 Å². The third kappa shape index (κ3) is 5.57. The second-order valence-electron chi connectivity index (χ2n) is 6.98. The van der Waals surface area contributed by atoms with Crippen LogP contribution < -0.4 is 10.2 Å². The number of anilines is 2. The molecule has 2 unspecified atom stereocenters. The molecule has 1 aromatic heterocycles. The van der Waals surface area contributed by atoms with E-state index in [0.29, 0.717) is 24.9 Å². The van der Waals surface area contributed by atoms with Crippen molar-refractivity contribution < 1.29 is 22.7 Å². The number of amides is 1. The molecule has 1 aromatic carbocycles. The van der Waals surface area contributed by atoms with Crippen molar-refractivity contribution >= 4 is 23.0 Å². The van der Waals surface area contributed by atoms with E-state index in [2.05, 4.69) is 15.2 Å². The molecule has 1 fully saturated rings. The smallest absolute Gasteiger partial charge is 0.372 e. The van der Waals surface area contributed by atoms with E-state index in [4.69, 9.17) is 4.74 Å². The molecule has 1 aliphatic heterocycles. The first-order chi connectivity index (χ1) is 13.7. The van der Waals surface area contributed by atoms with Gasteiger partial charge in [0, 0.05) is 19.2 Å². The highest BCUT2D eigenvalue weighted by Gasteiger charge is 2.35. The molecule has 0 bridgehead atoms. The Hall–Kier alpha value is -2.87. The van der Waals surface area contributed by atoms with Gasteiger partial charge < -0.3 is 15.0 Å². The van der Waals surface area contributed by atoms with E-state index in [1.807, 2.05) is 13.8 Å². The third-order valence-corrected chi connectivity index (χ3v) is 4.42. The fourth-order valence-corrected chi connectivity index (χ4v) is 3.27. The normalized spacial score (nSPS) is 20.4. The number of pyridine rings is 1. The molecule has 1 aliphatic rings. The van der Waals surface area contributed by atoms with Crippen LogP contribution in [0.2, 0.25) is 0 Å². The first kappa shape index (κ1) is 20.9. The van der Waals surface area contributed by atoms with Crippen LogP contribution in [0.4, 0.5) is 24.7 Å². The standard InChI is InChI=1S/C21H22F3N3O2/c1-14-12-27(13-15(2)29-14)19-9-8-17(11-25-19)26-20(28)10-18(21(22,23)24)16-6-4-3-5-7-16/h3-11,14-15H,12-13H2,1-2H3,(H,26,28)/b18-10-. The highest BCUT2D eigenvalue weighted by atomic mass is 19.4. The number of benzene rings is 1. The number of nitrogens with zero attached hydrogens (tertiary/aromatic N) is 2. The maximum absolute atomic E-state index is 13.4. The number of hydrogen-bond acceptors (Lipinski definition) is 4. The van der Waals surface area contributed by atoms with Gasteiger partial charge in [0.05, 0.1) is 29.7 Å². The van der Waals surface area contributed by atoms with E-state index in [-0.39, 0.29) is 17.8 Å². The average molecular weight is 405 g/mol. The van der Waals surface area contributed by atoms with Crippen LogP contribution in [0.3, 0.4) is 0 Å². The fourth-order valence-electron chi connectivity index (χ4n) is 3.27. The van der Waals surface area contributed by atoms with Gasteiger partial charge in [-0.25, -0.2) is 4.98 Å². The van der Waals surface area contributed by atoms with Gasteiger partial charge in [-0.15, -0.1) is 0 Å². The summed E-state index contributed by atoms with van der Waals surface area (Å²) in [6.45, 7) is 5.35. The minimum Gasteiger partial charge on any atom is -0.372 e. The molecular formula is C21H22F3N3O2. The number of nitrogens with one attached hydrogen (secondary N) is 1. The Bertz CT molecular complexity index is 857. The molecule has 154 valence electrons. The summed E-state index contributed by atoms with van der Waals surface area (Å²) in [6.07, 6.45) is -2.51. The number of carbonyl (C=O) groups is 1. The number of carbonyl (C=O) groups excluding carboxylic acids is 1. The molecule has 0 spiro atoms. The second-order valence-corrected chi connectivity index (χ2v) is 6.98. The van der Waals surface area contributed by atoms with Crippen molar-refractivity contribution in [2.75, 3.05) is 23.3 Å². The zero-order valence-electron chi connectivity index (χ0n) is 16.1. The summed E-state index contributed by atoms with van der Waals surface area (Å²) in [5, 5.41) is 2.44. The summed E-state index contributed by atoms with van der Waals surface area (Å²) in [7, 11) is 0. The number of ether oxygens (including phenoxy) is 1. The quantitative estimate of drug-likeness (QED) is 0.772. The maximum Gasteiger partial charge on any atom is 0.417 e. The van der Waals surface area contributed by atoms with Gasteiger partial charge in [0.1, 0.15) is 5.82 Å². The van der Waals surface area contributed by atoms with Crippen molar-refractivity contribution in [2.24, 2.45) is 0 Å². The predicted molar refractivity (Wildman–Crippen MR) is 106 cm³/mol. The Morgan fingerprint density at radius 3 is 2.34 bits per heavy atom. The molecule has 2 atom stereocenters. The van der Waals surface area contributed by atoms with E-state index in [0.717, 1.165) is 5.82 Å². The minimum absolute atomic E-state index is 0.0702. The van der Waals surface area contributed by atoms with Crippen LogP contribution >= 0.6 is 0 Å². The van der Waals surface area contributed by atoms with Crippen LogP contribution in [0.15, 0.2) is 54.7 Å². The van der Waals surface area contributed by atoms with Crippen molar-refractivity contribution in [3.05, 3.63) is 60.3 Å². The van der Waals surface area contributed by atoms with Crippen LogP contribution in [-0.4, -0.2) is 42.4 Å². The van der Waals surface area contributed by atoms with Gasteiger partial charge in [-0.2, -0.15) is 13.2 Å². The van der Waals surface area contributed by atoms with Crippen LogP contribution in [0.25, 0.3) is 5.57 Å². The topological polar surface area (TPSA) is 54.5 Å². The molecule has 1 N–H and O–H groups in total. The second kappa shape index (κ2) is 8.65. The highest BCUT2D eigenvalue weighted by Crippen LogP contribution is 2.33. The Kier molecular flexibility index (Phi) is 6.22. The van der Waals surface area contributed by atoms with Crippen molar-refractivity contribution in [1.82, 2.24) is 4.98 Å². The van der Waals surface area contributed by atoms with Crippen molar-refractivity contribution in [3.63, 3.8) is 0 Å². The number of halogens is 3. The van der Waals surface area contributed by atoms with Gasteiger partial charge in [0.2, 0.25) is 5.91 Å². The maximum atomic E-state index is 13.4. The molecule has 5 nitrogen and oxygen atoms in total. The molecule has 1 amide bonds. The van der Waals surface area contributed by atoms with Crippen LogP contribution in [-0.2, 0) is 9.53 Å². The lowest BCUT2D eigenvalue weighted by Crippen LogP contribution is -2.45. The molecule has 3 rings (SSSR count). The van der Waals surface area contributed by atoms with Crippen LogP contribution in [0.1, 0.15) is 19.4 Å². The number of allylic oxidation sites excluding steroid dienone is 1. The Morgan fingerprint density at radius 1 is 1.14 bits per heavy atom. The van der Waals surface area contributed by atoms with Gasteiger partial charge in [0.15, 0.2) is 0 Å². The average Bonchev–Trinajstić information content (AvgIpc) is 2.66. The summed E-state index contributed by atoms with van der Waals surface area (Å²) in [5.74, 6) is -0.148. The first-order valence-corrected chi connectivity index (χ1v) is 9.24. The number of alkyl halides is 3. The van der Waals surface area contributed by atoms with Gasteiger partial charge in [-0.1, -0.05) is 30.3 Å². The molecule has 2 aromatic rings. The molecule has 2 heterocycles. The summed E-state index contributed by atoms with van der Waals surface area (Å²) < 4.78 is 45.7. The number of rotatable bonds is 4. The van der Waals surface area contributed by atoms with Gasteiger partial charge >= 0.3 is 6.18 Å². The zero-order chi connectivity index (χ0) is 21.0. The molecule has 0 aliphatic carbocycles. The van der Waals surface area contributed by atoms with Crippen molar-refractivity contribution in [2.45, 2.75) is 32.2 Å². The lowest BCUT2D eigenvalue weighted by atomic mass is 10.1. The lowest BCUT2D eigenvalue weighted by molar-refractivity contribution is -0.112. The number of hydrogen-bond donors (Lipinski definition) is 1. The van der Waals surface area contributed by atoms with Crippen molar-refractivity contribution in [3.8, 4) is 0 Å². The van der Waals surface area contributed by atoms with Crippen LogP contribution in [0.5, 0.6) is 0 Å². The Morgan fingerprint density at radius 2 is 1.79 bits per heavy atom. The first-order valence-electron chi connectivity index (χ1n) is 9.24. The predicted octanol–water partition coefficient (Wildman–Crippen LogP) is 4.28. The summed E-state index contributed by atoms with van der Waals surface area (Å²) in [4.78, 5) is 18.6. The Labute approximate surface area is 167 Å². The summed E-state index contributed by atoms with van der Waals surface area (Å²) >= 11 is 0. The van der Waals surface area contributed by atoms with Gasteiger partial charge in [0.25, 0.3) is 0 Å². The molecule has 0 saturated carbocycles. The van der Waals surface area contributed by atoms with Crippen LogP contribution in [0, 0.1) is 0 Å². The molecule has 1 saturated heterocycles. The lowest BCUT2D eigenvalue weighted by Gasteiger charge is -2.36. The van der Waals surface area contributed by atoms with Gasteiger partial charge in [-0.3, -0.25) is 4.79 Å². The Balaban J connectivity index is 1.72. The number of aromatic nitrogens is 1. The molecule has 8 heteroatoms. The van der Waals surface area contributed by atoms with E-state index in [1.165, 1.54) is 30.5 Å². The minimum atomic E-state index is -4.65. The van der Waals surface area contributed by atoms with Crippen molar-refractivity contribution in [1.29, 1.82) is 0 Å². The molecule has 0 radical (unpaired) electrons. The molecular weight excluding hydrogens is 383 g/mol. The largest absolute Gasteiger partial charge is 0.417 e. The summed E-state index contributed by atoms with van der Waals surface area (Å²) in [5.41, 5.74) is -0.755. The third-order valence-electron chi connectivity index (χ3n) is 4.42. The van der Waals surface area contributed by atoms with E-state index in [1.54, 1.807) is 18.2 Å². The number of morpholine rings is 1. The SMILES string of the molecule is CC1CN(c2ccc(NC(=O)/C=C(/c3ccccc3)C(F)(F)F)cn2)CC(C)O1. The fraction of sp³-hybridized carbons (Fsp3) is 0.333.